The maximum atomic E-state index is 5.59. The number of thiophene rings is 1. The lowest BCUT2D eigenvalue weighted by atomic mass is 10.3. The summed E-state index contributed by atoms with van der Waals surface area (Å²) < 4.78 is 5.59. The highest BCUT2D eigenvalue weighted by Gasteiger charge is 2.06. The Hall–Kier alpha value is -2.08. The molecule has 6 heteroatoms. The molecule has 21 heavy (non-hydrogen) atoms. The van der Waals surface area contributed by atoms with E-state index in [1.807, 2.05) is 19.2 Å². The summed E-state index contributed by atoms with van der Waals surface area (Å²) in [5.41, 5.74) is 1.29. The SMILES string of the molecule is CN=C(NCCOc1cccnc1)N(C)Cc1ccsc1. The molecule has 0 spiro atoms. The number of ether oxygens (including phenoxy) is 1. The van der Waals surface area contributed by atoms with E-state index in [-0.39, 0.29) is 0 Å². The van der Waals surface area contributed by atoms with Crippen LogP contribution in [0.4, 0.5) is 0 Å². The summed E-state index contributed by atoms with van der Waals surface area (Å²) in [7, 11) is 3.81. The summed E-state index contributed by atoms with van der Waals surface area (Å²) in [6.07, 6.45) is 3.43. The first-order valence-electron chi connectivity index (χ1n) is 6.75. The van der Waals surface area contributed by atoms with Crippen molar-refractivity contribution in [3.63, 3.8) is 0 Å². The van der Waals surface area contributed by atoms with Gasteiger partial charge in [0, 0.05) is 26.8 Å². The van der Waals surface area contributed by atoms with E-state index >= 15 is 0 Å². The van der Waals surface area contributed by atoms with Crippen molar-refractivity contribution in [3.05, 3.63) is 46.9 Å². The van der Waals surface area contributed by atoms with Crippen LogP contribution < -0.4 is 10.1 Å². The molecule has 0 amide bonds. The van der Waals surface area contributed by atoms with Crippen molar-refractivity contribution in [1.82, 2.24) is 15.2 Å². The molecule has 0 aliphatic rings. The monoisotopic (exact) mass is 304 g/mol. The van der Waals surface area contributed by atoms with Crippen molar-refractivity contribution in [3.8, 4) is 5.75 Å². The quantitative estimate of drug-likeness (QED) is 0.505. The summed E-state index contributed by atoms with van der Waals surface area (Å²) in [5.74, 6) is 1.64. The van der Waals surface area contributed by atoms with Gasteiger partial charge in [-0.15, -0.1) is 0 Å². The fourth-order valence-electron chi connectivity index (χ4n) is 1.88. The highest BCUT2D eigenvalue weighted by molar-refractivity contribution is 7.07. The summed E-state index contributed by atoms with van der Waals surface area (Å²) in [6, 6.07) is 5.88. The molecule has 0 aromatic carbocycles. The Labute approximate surface area is 129 Å². The van der Waals surface area contributed by atoms with Crippen molar-refractivity contribution >= 4 is 17.3 Å². The molecule has 0 radical (unpaired) electrons. The maximum absolute atomic E-state index is 5.59. The van der Waals surface area contributed by atoms with Gasteiger partial charge in [0.15, 0.2) is 5.96 Å². The van der Waals surface area contributed by atoms with Crippen LogP contribution in [0.1, 0.15) is 5.56 Å². The fourth-order valence-corrected chi connectivity index (χ4v) is 2.54. The van der Waals surface area contributed by atoms with Crippen LogP contribution in [0.25, 0.3) is 0 Å². The topological polar surface area (TPSA) is 49.8 Å². The molecule has 0 saturated carbocycles. The van der Waals surface area contributed by atoms with Gasteiger partial charge in [-0.1, -0.05) is 0 Å². The molecule has 1 N–H and O–H groups in total. The average molecular weight is 304 g/mol. The molecule has 2 heterocycles. The van der Waals surface area contributed by atoms with E-state index in [4.69, 9.17) is 4.74 Å². The van der Waals surface area contributed by atoms with Gasteiger partial charge in [-0.25, -0.2) is 0 Å². The first kappa shape index (κ1) is 15.3. The molecular formula is C15H20N4OS. The molecule has 112 valence electrons. The van der Waals surface area contributed by atoms with Gasteiger partial charge in [0.05, 0.1) is 12.7 Å². The Kier molecular flexibility index (Phi) is 6.02. The largest absolute Gasteiger partial charge is 0.490 e. The zero-order chi connectivity index (χ0) is 14.9. The zero-order valence-corrected chi connectivity index (χ0v) is 13.1. The minimum absolute atomic E-state index is 0.566. The number of aromatic nitrogens is 1. The Balaban J connectivity index is 1.72. The van der Waals surface area contributed by atoms with Gasteiger partial charge in [0.25, 0.3) is 0 Å². The van der Waals surface area contributed by atoms with Crippen molar-refractivity contribution in [2.24, 2.45) is 4.99 Å². The summed E-state index contributed by atoms with van der Waals surface area (Å²) in [5, 5.41) is 7.52. The van der Waals surface area contributed by atoms with Crippen molar-refractivity contribution in [2.75, 3.05) is 27.2 Å². The Bertz CT molecular complexity index is 542. The number of hydrogen-bond acceptors (Lipinski definition) is 4. The van der Waals surface area contributed by atoms with Gasteiger partial charge in [0.2, 0.25) is 0 Å². The van der Waals surface area contributed by atoms with Gasteiger partial charge < -0.3 is 15.0 Å². The van der Waals surface area contributed by atoms with Crippen LogP contribution in [-0.2, 0) is 6.54 Å². The highest BCUT2D eigenvalue weighted by atomic mass is 32.1. The summed E-state index contributed by atoms with van der Waals surface area (Å²) in [4.78, 5) is 10.4. The second-order valence-electron chi connectivity index (χ2n) is 4.50. The molecule has 0 aliphatic heterocycles. The number of guanidine groups is 1. The smallest absolute Gasteiger partial charge is 0.193 e. The molecule has 0 atom stereocenters. The molecule has 2 aromatic heterocycles. The zero-order valence-electron chi connectivity index (χ0n) is 12.3. The fraction of sp³-hybridized carbons (Fsp3) is 0.333. The summed E-state index contributed by atoms with van der Waals surface area (Å²) >= 11 is 1.71. The molecule has 2 aromatic rings. The third kappa shape index (κ3) is 5.07. The molecule has 0 fully saturated rings. The minimum Gasteiger partial charge on any atom is -0.490 e. The lowest BCUT2D eigenvalue weighted by Crippen LogP contribution is -2.40. The van der Waals surface area contributed by atoms with Crippen LogP contribution in [0.5, 0.6) is 5.75 Å². The Morgan fingerprint density at radius 1 is 1.48 bits per heavy atom. The molecule has 2 rings (SSSR count). The lowest BCUT2D eigenvalue weighted by molar-refractivity contribution is 0.318. The number of nitrogens with one attached hydrogen (secondary N) is 1. The van der Waals surface area contributed by atoms with Gasteiger partial charge in [0.1, 0.15) is 12.4 Å². The van der Waals surface area contributed by atoms with E-state index in [9.17, 15) is 0 Å². The van der Waals surface area contributed by atoms with Crippen molar-refractivity contribution < 1.29 is 4.74 Å². The van der Waals surface area contributed by atoms with Gasteiger partial charge >= 0.3 is 0 Å². The van der Waals surface area contributed by atoms with Crippen LogP contribution in [0.2, 0.25) is 0 Å². The van der Waals surface area contributed by atoms with Crippen molar-refractivity contribution in [1.29, 1.82) is 0 Å². The number of rotatable bonds is 6. The van der Waals surface area contributed by atoms with E-state index in [0.29, 0.717) is 13.2 Å². The number of nitrogens with zero attached hydrogens (tertiary/aromatic N) is 3. The number of pyridine rings is 1. The first-order chi connectivity index (χ1) is 10.3. The van der Waals surface area contributed by atoms with Crippen LogP contribution >= 0.6 is 11.3 Å². The minimum atomic E-state index is 0.566. The van der Waals surface area contributed by atoms with Crippen molar-refractivity contribution in [2.45, 2.75) is 6.54 Å². The maximum Gasteiger partial charge on any atom is 0.193 e. The van der Waals surface area contributed by atoms with Crippen LogP contribution in [0.15, 0.2) is 46.3 Å². The number of aliphatic imine (C=N–C) groups is 1. The Morgan fingerprint density at radius 3 is 3.05 bits per heavy atom. The standard InChI is InChI=1S/C15H20N4OS/c1-16-15(19(2)11-13-5-9-21-12-13)18-7-8-20-14-4-3-6-17-10-14/h3-6,9-10,12H,7-8,11H2,1-2H3,(H,16,18). The van der Waals surface area contributed by atoms with E-state index in [2.05, 4.69) is 37.0 Å². The average Bonchev–Trinajstić information content (AvgIpc) is 3.01. The number of hydrogen-bond donors (Lipinski definition) is 1. The van der Waals surface area contributed by atoms with E-state index < -0.39 is 0 Å². The highest BCUT2D eigenvalue weighted by Crippen LogP contribution is 2.08. The third-order valence-electron chi connectivity index (χ3n) is 2.86. The predicted molar refractivity (Wildman–Crippen MR) is 86.9 cm³/mol. The lowest BCUT2D eigenvalue weighted by Gasteiger charge is -2.21. The second-order valence-corrected chi connectivity index (χ2v) is 5.28. The molecule has 0 saturated heterocycles. The van der Waals surface area contributed by atoms with Crippen LogP contribution in [-0.4, -0.2) is 43.1 Å². The molecule has 0 unspecified atom stereocenters. The predicted octanol–water partition coefficient (Wildman–Crippen LogP) is 2.23. The van der Waals surface area contributed by atoms with Gasteiger partial charge in [-0.2, -0.15) is 11.3 Å². The molecule has 0 bridgehead atoms. The second kappa shape index (κ2) is 8.26. The molecular weight excluding hydrogens is 284 g/mol. The van der Waals surface area contributed by atoms with E-state index in [1.54, 1.807) is 30.8 Å². The van der Waals surface area contributed by atoms with Crippen LogP contribution in [0, 0.1) is 0 Å². The Morgan fingerprint density at radius 2 is 2.38 bits per heavy atom. The molecule has 5 nitrogen and oxygen atoms in total. The van der Waals surface area contributed by atoms with Crippen LogP contribution in [0.3, 0.4) is 0 Å². The normalized spacial score (nSPS) is 11.2. The molecule has 0 aliphatic carbocycles. The van der Waals surface area contributed by atoms with Gasteiger partial charge in [-0.05, 0) is 34.5 Å². The summed E-state index contributed by atoms with van der Waals surface area (Å²) in [6.45, 7) is 2.10. The van der Waals surface area contributed by atoms with Gasteiger partial charge in [-0.3, -0.25) is 9.98 Å². The third-order valence-corrected chi connectivity index (χ3v) is 3.59. The first-order valence-corrected chi connectivity index (χ1v) is 7.69. The van der Waals surface area contributed by atoms with E-state index in [1.165, 1.54) is 5.56 Å². The van der Waals surface area contributed by atoms with E-state index in [0.717, 1.165) is 18.3 Å².